The van der Waals surface area contributed by atoms with E-state index in [4.69, 9.17) is 9.84 Å². The van der Waals surface area contributed by atoms with Gasteiger partial charge in [-0.15, -0.1) is 0 Å². The molecule has 0 aliphatic rings. The molecule has 0 saturated carbocycles. The highest BCUT2D eigenvalue weighted by atomic mass is 16.5. The average molecular weight is 407 g/mol. The lowest BCUT2D eigenvalue weighted by atomic mass is 10.0. The Morgan fingerprint density at radius 2 is 1.45 bits per heavy atom. The van der Waals surface area contributed by atoms with Gasteiger partial charge in [0.2, 0.25) is 0 Å². The van der Waals surface area contributed by atoms with Crippen molar-refractivity contribution in [2.75, 3.05) is 0 Å². The second-order valence-electron chi connectivity index (χ2n) is 8.20. The van der Waals surface area contributed by atoms with Crippen LogP contribution in [0.25, 0.3) is 0 Å². The van der Waals surface area contributed by atoms with E-state index in [2.05, 4.69) is 19.1 Å². The highest BCUT2D eigenvalue weighted by molar-refractivity contribution is 5.66. The van der Waals surface area contributed by atoms with Crippen molar-refractivity contribution in [1.29, 1.82) is 0 Å². The molecule has 0 saturated heterocycles. The van der Waals surface area contributed by atoms with Gasteiger partial charge in [-0.2, -0.15) is 0 Å². The summed E-state index contributed by atoms with van der Waals surface area (Å²) in [5.41, 5.74) is 1.21. The number of carboxylic acids is 1. The summed E-state index contributed by atoms with van der Waals surface area (Å²) in [4.78, 5) is 10.6. The van der Waals surface area contributed by atoms with Gasteiger partial charge >= 0.3 is 5.97 Å². The fraction of sp³-hybridized carbons (Fsp3) is 0.720. The molecule has 2 N–H and O–H groups in total. The predicted molar refractivity (Wildman–Crippen MR) is 119 cm³/mol. The van der Waals surface area contributed by atoms with Crippen LogP contribution in [0.2, 0.25) is 0 Å². The van der Waals surface area contributed by atoms with Crippen molar-refractivity contribution in [1.82, 2.24) is 0 Å². The first-order valence-electron chi connectivity index (χ1n) is 11.7. The Kier molecular flexibility index (Phi) is 15.4. The van der Waals surface area contributed by atoms with Crippen LogP contribution in [0.1, 0.15) is 102 Å². The highest BCUT2D eigenvalue weighted by Crippen LogP contribution is 2.18. The number of hydrogen-bond donors (Lipinski definition) is 2. The molecule has 1 aromatic rings. The largest absolute Gasteiger partial charge is 0.481 e. The zero-order valence-corrected chi connectivity index (χ0v) is 18.4. The SMILES string of the molecule is CCCCCCCCCC(CCCCC(O)CCC(=O)O)OCc1ccccc1. The number of rotatable bonds is 19. The summed E-state index contributed by atoms with van der Waals surface area (Å²) < 4.78 is 6.22. The number of aliphatic hydroxyl groups is 1. The molecule has 4 nitrogen and oxygen atoms in total. The molecule has 0 radical (unpaired) electrons. The lowest BCUT2D eigenvalue weighted by Gasteiger charge is -2.19. The smallest absolute Gasteiger partial charge is 0.303 e. The molecule has 166 valence electrons. The molecule has 2 unspecified atom stereocenters. The maximum atomic E-state index is 10.6. The predicted octanol–water partition coefficient (Wildman–Crippen LogP) is 6.50. The van der Waals surface area contributed by atoms with Crippen molar-refractivity contribution in [3.05, 3.63) is 35.9 Å². The van der Waals surface area contributed by atoms with Crippen LogP contribution in [0, 0.1) is 0 Å². The van der Waals surface area contributed by atoms with Crippen molar-refractivity contribution in [2.45, 2.75) is 116 Å². The van der Waals surface area contributed by atoms with Crippen molar-refractivity contribution in [3.63, 3.8) is 0 Å². The summed E-state index contributed by atoms with van der Waals surface area (Å²) in [6.07, 6.45) is 14.0. The minimum atomic E-state index is -0.840. The molecule has 0 aliphatic carbocycles. The molecule has 0 amide bonds. The van der Waals surface area contributed by atoms with Crippen molar-refractivity contribution in [2.24, 2.45) is 0 Å². The maximum Gasteiger partial charge on any atom is 0.303 e. The Hall–Kier alpha value is -1.39. The van der Waals surface area contributed by atoms with Gasteiger partial charge in [0, 0.05) is 6.42 Å². The van der Waals surface area contributed by atoms with E-state index in [0.29, 0.717) is 19.4 Å². The van der Waals surface area contributed by atoms with Crippen LogP contribution in [-0.4, -0.2) is 28.4 Å². The fourth-order valence-electron chi connectivity index (χ4n) is 3.61. The molecule has 29 heavy (non-hydrogen) atoms. The minimum Gasteiger partial charge on any atom is -0.481 e. The normalized spacial score (nSPS) is 13.3. The molecule has 0 aromatic heterocycles. The monoisotopic (exact) mass is 406 g/mol. The molecule has 0 aliphatic heterocycles. The molecule has 0 spiro atoms. The van der Waals surface area contributed by atoms with Crippen LogP contribution in [0.15, 0.2) is 30.3 Å². The number of aliphatic carboxylic acids is 1. The first-order valence-corrected chi connectivity index (χ1v) is 11.7. The van der Waals surface area contributed by atoms with E-state index >= 15 is 0 Å². The van der Waals surface area contributed by atoms with Gasteiger partial charge in [0.15, 0.2) is 0 Å². The summed E-state index contributed by atoms with van der Waals surface area (Å²) in [6.45, 7) is 2.91. The maximum absolute atomic E-state index is 10.6. The topological polar surface area (TPSA) is 66.8 Å². The third-order valence-electron chi connectivity index (χ3n) is 5.46. The number of carbonyl (C=O) groups is 1. The van der Waals surface area contributed by atoms with Crippen LogP contribution < -0.4 is 0 Å². The summed E-state index contributed by atoms with van der Waals surface area (Å²) in [5.74, 6) is -0.840. The van der Waals surface area contributed by atoms with Gasteiger partial charge in [-0.25, -0.2) is 0 Å². The van der Waals surface area contributed by atoms with E-state index in [1.54, 1.807) is 0 Å². The quantitative estimate of drug-likeness (QED) is 0.257. The third-order valence-corrected chi connectivity index (χ3v) is 5.46. The summed E-state index contributed by atoms with van der Waals surface area (Å²) in [6, 6.07) is 10.3. The molecule has 1 aromatic carbocycles. The number of hydrogen-bond acceptors (Lipinski definition) is 3. The second kappa shape index (κ2) is 17.5. The Morgan fingerprint density at radius 3 is 2.10 bits per heavy atom. The van der Waals surface area contributed by atoms with Crippen LogP contribution in [-0.2, 0) is 16.1 Å². The van der Waals surface area contributed by atoms with Gasteiger partial charge < -0.3 is 14.9 Å². The molecule has 0 fully saturated rings. The van der Waals surface area contributed by atoms with Gasteiger partial charge in [-0.05, 0) is 31.2 Å². The zero-order chi connectivity index (χ0) is 21.2. The fourth-order valence-corrected chi connectivity index (χ4v) is 3.61. The summed E-state index contributed by atoms with van der Waals surface area (Å²) in [7, 11) is 0. The Balaban J connectivity index is 2.26. The van der Waals surface area contributed by atoms with Crippen LogP contribution >= 0.6 is 0 Å². The highest BCUT2D eigenvalue weighted by Gasteiger charge is 2.11. The van der Waals surface area contributed by atoms with E-state index in [1.807, 2.05) is 18.2 Å². The molecule has 4 heteroatoms. The van der Waals surface area contributed by atoms with E-state index < -0.39 is 12.1 Å². The van der Waals surface area contributed by atoms with Gasteiger partial charge in [0.25, 0.3) is 0 Å². The molecular formula is C25H42O4. The minimum absolute atomic E-state index is 0.0439. The molecule has 0 heterocycles. The van der Waals surface area contributed by atoms with Crippen molar-refractivity contribution >= 4 is 5.97 Å². The molecule has 0 bridgehead atoms. The van der Waals surface area contributed by atoms with Crippen LogP contribution in [0.3, 0.4) is 0 Å². The van der Waals surface area contributed by atoms with Gasteiger partial charge in [-0.1, -0.05) is 95.0 Å². The van der Waals surface area contributed by atoms with Crippen molar-refractivity contribution < 1.29 is 19.7 Å². The Labute approximate surface area is 177 Å². The van der Waals surface area contributed by atoms with Crippen LogP contribution in [0.5, 0.6) is 0 Å². The first-order chi connectivity index (χ1) is 14.1. The second-order valence-corrected chi connectivity index (χ2v) is 8.20. The van der Waals surface area contributed by atoms with Crippen LogP contribution in [0.4, 0.5) is 0 Å². The standard InChI is InChI=1S/C25H42O4/c1-2-3-4-5-6-7-11-17-24(29-21-22-14-9-8-10-15-22)18-13-12-16-23(26)19-20-25(27)28/h8-10,14-15,23-24,26H,2-7,11-13,16-21H2,1H3,(H,27,28). The van der Waals surface area contributed by atoms with E-state index in [0.717, 1.165) is 25.7 Å². The number of ether oxygens (including phenoxy) is 1. The van der Waals surface area contributed by atoms with Gasteiger partial charge in [0.1, 0.15) is 0 Å². The summed E-state index contributed by atoms with van der Waals surface area (Å²) in [5, 5.41) is 18.6. The lowest BCUT2D eigenvalue weighted by Crippen LogP contribution is -2.14. The number of benzene rings is 1. The number of carboxylic acid groups (broad SMARTS) is 1. The van der Waals surface area contributed by atoms with E-state index in [-0.39, 0.29) is 12.5 Å². The third kappa shape index (κ3) is 15.2. The zero-order valence-electron chi connectivity index (χ0n) is 18.4. The lowest BCUT2D eigenvalue weighted by molar-refractivity contribution is -0.137. The number of unbranched alkanes of at least 4 members (excludes halogenated alkanes) is 7. The summed E-state index contributed by atoms with van der Waals surface area (Å²) >= 11 is 0. The molecule has 2 atom stereocenters. The van der Waals surface area contributed by atoms with Crippen molar-refractivity contribution in [3.8, 4) is 0 Å². The molecular weight excluding hydrogens is 364 g/mol. The van der Waals surface area contributed by atoms with Gasteiger partial charge in [-0.3, -0.25) is 4.79 Å². The van der Waals surface area contributed by atoms with E-state index in [9.17, 15) is 9.90 Å². The molecule has 1 rings (SSSR count). The first kappa shape index (κ1) is 25.6. The Bertz CT molecular complexity index is 503. The average Bonchev–Trinajstić information content (AvgIpc) is 2.72. The Morgan fingerprint density at radius 1 is 0.862 bits per heavy atom. The van der Waals surface area contributed by atoms with E-state index in [1.165, 1.54) is 50.5 Å². The number of aliphatic hydroxyl groups excluding tert-OH is 1. The van der Waals surface area contributed by atoms with Gasteiger partial charge in [0.05, 0.1) is 18.8 Å².